The fourth-order valence-corrected chi connectivity index (χ4v) is 4.54. The topological polar surface area (TPSA) is 59.2 Å². The molecule has 0 N–H and O–H groups in total. The normalized spacial score (nSPS) is 17.1. The van der Waals surface area contributed by atoms with Gasteiger partial charge < -0.3 is 9.42 Å². The van der Waals surface area contributed by atoms with Crippen LogP contribution in [0.4, 0.5) is 13.2 Å². The number of rotatable bonds is 3. The van der Waals surface area contributed by atoms with E-state index in [2.05, 4.69) is 10.1 Å². The third-order valence-corrected chi connectivity index (χ3v) is 6.15. The minimum Gasteiger partial charge on any atom is -0.361 e. The average molecular weight is 421 g/mol. The Morgan fingerprint density at radius 1 is 1.24 bits per heavy atom. The molecule has 0 aliphatic carbocycles. The van der Waals surface area contributed by atoms with Crippen LogP contribution in [0.5, 0.6) is 0 Å². The molecule has 0 saturated carbocycles. The Kier molecular flexibility index (Phi) is 4.94. The number of hydrogen-bond acceptors (Lipinski definition) is 5. The summed E-state index contributed by atoms with van der Waals surface area (Å²) in [6, 6.07) is 6.51. The van der Waals surface area contributed by atoms with Gasteiger partial charge in [0.15, 0.2) is 0 Å². The van der Waals surface area contributed by atoms with Crippen LogP contribution in [0.15, 0.2) is 34.9 Å². The standard InChI is InChI=1S/C20H18F3N3O2S/c1-11-10-15(25-28-11)16-4-3-9-26(16)19(27)17-12(2)24-18(29-17)13-5-7-14(8-6-13)20(21,22)23/h5-8,10,16H,3-4,9H2,1-2H3. The summed E-state index contributed by atoms with van der Waals surface area (Å²) in [5.41, 5.74) is 1.14. The maximum absolute atomic E-state index is 13.2. The molecule has 29 heavy (non-hydrogen) atoms. The second-order valence-corrected chi connectivity index (χ2v) is 8.03. The lowest BCUT2D eigenvalue weighted by molar-refractivity contribution is -0.137. The lowest BCUT2D eigenvalue weighted by atomic mass is 10.1. The molecule has 1 aliphatic heterocycles. The summed E-state index contributed by atoms with van der Waals surface area (Å²) in [5.74, 6) is 0.555. The summed E-state index contributed by atoms with van der Waals surface area (Å²) >= 11 is 1.20. The average Bonchev–Trinajstić information content (AvgIpc) is 3.40. The largest absolute Gasteiger partial charge is 0.416 e. The van der Waals surface area contributed by atoms with Crippen LogP contribution in [0, 0.1) is 13.8 Å². The maximum Gasteiger partial charge on any atom is 0.416 e. The summed E-state index contributed by atoms with van der Waals surface area (Å²) in [6.45, 7) is 4.16. The van der Waals surface area contributed by atoms with E-state index in [0.29, 0.717) is 33.4 Å². The molecule has 5 nitrogen and oxygen atoms in total. The number of halogens is 3. The molecule has 4 rings (SSSR count). The molecular formula is C20H18F3N3O2S. The van der Waals surface area contributed by atoms with Gasteiger partial charge >= 0.3 is 6.18 Å². The number of hydrogen-bond donors (Lipinski definition) is 0. The van der Waals surface area contributed by atoms with Crippen LogP contribution in [0.25, 0.3) is 10.6 Å². The smallest absolute Gasteiger partial charge is 0.361 e. The first kappa shape index (κ1) is 19.6. The predicted molar refractivity (Wildman–Crippen MR) is 102 cm³/mol. The Labute approximate surface area is 169 Å². The number of aryl methyl sites for hydroxylation is 2. The Bertz CT molecular complexity index is 1040. The van der Waals surface area contributed by atoms with Crippen molar-refractivity contribution in [3.63, 3.8) is 0 Å². The SMILES string of the molecule is Cc1cc(C2CCCN2C(=O)c2sc(-c3ccc(C(F)(F)F)cc3)nc2C)no1. The number of amides is 1. The Balaban J connectivity index is 1.60. The monoisotopic (exact) mass is 421 g/mol. The minimum atomic E-state index is -4.39. The fourth-order valence-electron chi connectivity index (χ4n) is 3.51. The molecule has 152 valence electrons. The predicted octanol–water partition coefficient (Wildman–Crippen LogP) is 5.41. The van der Waals surface area contributed by atoms with Gasteiger partial charge in [0.1, 0.15) is 21.3 Å². The Morgan fingerprint density at radius 3 is 2.59 bits per heavy atom. The number of nitrogens with zero attached hydrogens (tertiary/aromatic N) is 3. The molecule has 9 heteroatoms. The molecule has 2 aromatic heterocycles. The summed E-state index contributed by atoms with van der Waals surface area (Å²) in [6.07, 6.45) is -2.71. The van der Waals surface area contributed by atoms with Crippen LogP contribution < -0.4 is 0 Å². The second-order valence-electron chi connectivity index (χ2n) is 7.03. The number of aromatic nitrogens is 2. The molecule has 1 unspecified atom stereocenters. The Morgan fingerprint density at radius 2 is 1.97 bits per heavy atom. The number of alkyl halides is 3. The van der Waals surface area contributed by atoms with Gasteiger partial charge in [0.25, 0.3) is 5.91 Å². The van der Waals surface area contributed by atoms with Gasteiger partial charge in [0, 0.05) is 18.2 Å². The maximum atomic E-state index is 13.2. The van der Waals surface area contributed by atoms with Crippen LogP contribution in [0.1, 0.15) is 51.3 Å². The quantitative estimate of drug-likeness (QED) is 0.567. The van der Waals surface area contributed by atoms with Crippen molar-refractivity contribution >= 4 is 17.2 Å². The van der Waals surface area contributed by atoms with Crippen molar-refractivity contribution in [3.8, 4) is 10.6 Å². The molecule has 3 heterocycles. The van der Waals surface area contributed by atoms with Crippen LogP contribution in [0.3, 0.4) is 0 Å². The zero-order chi connectivity index (χ0) is 20.8. The highest BCUT2D eigenvalue weighted by Crippen LogP contribution is 2.36. The van der Waals surface area contributed by atoms with Crippen molar-refractivity contribution in [3.05, 3.63) is 57.9 Å². The number of carbonyl (C=O) groups is 1. The van der Waals surface area contributed by atoms with Crippen LogP contribution in [0.2, 0.25) is 0 Å². The van der Waals surface area contributed by atoms with Gasteiger partial charge in [0.05, 0.1) is 17.3 Å². The van der Waals surface area contributed by atoms with E-state index < -0.39 is 11.7 Å². The van der Waals surface area contributed by atoms with E-state index in [4.69, 9.17) is 4.52 Å². The van der Waals surface area contributed by atoms with E-state index in [0.717, 1.165) is 30.7 Å². The highest BCUT2D eigenvalue weighted by atomic mass is 32.1. The van der Waals surface area contributed by atoms with Crippen molar-refractivity contribution in [2.75, 3.05) is 6.54 Å². The second kappa shape index (κ2) is 7.29. The van der Waals surface area contributed by atoms with E-state index in [9.17, 15) is 18.0 Å². The van der Waals surface area contributed by atoms with Gasteiger partial charge in [-0.15, -0.1) is 11.3 Å². The molecule has 1 fully saturated rings. The van der Waals surface area contributed by atoms with E-state index in [1.54, 1.807) is 18.7 Å². The first-order valence-electron chi connectivity index (χ1n) is 9.13. The van der Waals surface area contributed by atoms with Gasteiger partial charge in [-0.2, -0.15) is 13.2 Å². The molecule has 1 atom stereocenters. The van der Waals surface area contributed by atoms with Crippen LogP contribution >= 0.6 is 11.3 Å². The van der Waals surface area contributed by atoms with Crippen LogP contribution in [-0.2, 0) is 6.18 Å². The molecule has 1 aliphatic rings. The number of carbonyl (C=O) groups excluding carboxylic acids is 1. The molecule has 0 radical (unpaired) electrons. The molecule has 0 spiro atoms. The third kappa shape index (κ3) is 3.78. The van der Waals surface area contributed by atoms with E-state index >= 15 is 0 Å². The first-order chi connectivity index (χ1) is 13.7. The zero-order valence-corrected chi connectivity index (χ0v) is 16.6. The molecular weight excluding hydrogens is 403 g/mol. The van der Waals surface area contributed by atoms with Crippen molar-refractivity contribution in [2.24, 2.45) is 0 Å². The minimum absolute atomic E-state index is 0.138. The zero-order valence-electron chi connectivity index (χ0n) is 15.8. The molecule has 1 amide bonds. The summed E-state index contributed by atoms with van der Waals surface area (Å²) in [7, 11) is 0. The van der Waals surface area contributed by atoms with Gasteiger partial charge in [-0.05, 0) is 38.8 Å². The van der Waals surface area contributed by atoms with Crippen LogP contribution in [-0.4, -0.2) is 27.5 Å². The summed E-state index contributed by atoms with van der Waals surface area (Å²) < 4.78 is 43.5. The van der Waals surface area contributed by atoms with Crippen molar-refractivity contribution in [1.29, 1.82) is 0 Å². The summed E-state index contributed by atoms with van der Waals surface area (Å²) in [5, 5.41) is 4.58. The van der Waals surface area contributed by atoms with Crippen molar-refractivity contribution < 1.29 is 22.5 Å². The van der Waals surface area contributed by atoms with E-state index in [-0.39, 0.29) is 11.9 Å². The highest BCUT2D eigenvalue weighted by molar-refractivity contribution is 7.17. The lowest BCUT2D eigenvalue weighted by Gasteiger charge is -2.22. The Hall–Kier alpha value is -2.68. The van der Waals surface area contributed by atoms with Gasteiger partial charge in [0.2, 0.25) is 0 Å². The highest BCUT2D eigenvalue weighted by Gasteiger charge is 2.34. The van der Waals surface area contributed by atoms with Gasteiger partial charge in [-0.3, -0.25) is 4.79 Å². The summed E-state index contributed by atoms with van der Waals surface area (Å²) in [4.78, 5) is 19.9. The number of benzene rings is 1. The van der Waals surface area contributed by atoms with Crippen molar-refractivity contribution in [1.82, 2.24) is 15.0 Å². The number of thiazole rings is 1. The molecule has 3 aromatic rings. The van der Waals surface area contributed by atoms with E-state index in [1.807, 2.05) is 6.07 Å². The molecule has 1 aromatic carbocycles. The number of likely N-dealkylation sites (tertiary alicyclic amines) is 1. The van der Waals surface area contributed by atoms with E-state index in [1.165, 1.54) is 23.5 Å². The van der Waals surface area contributed by atoms with Gasteiger partial charge in [-0.25, -0.2) is 4.98 Å². The van der Waals surface area contributed by atoms with Gasteiger partial charge in [-0.1, -0.05) is 17.3 Å². The lowest BCUT2D eigenvalue weighted by Crippen LogP contribution is -2.30. The fraction of sp³-hybridized carbons (Fsp3) is 0.350. The van der Waals surface area contributed by atoms with Crippen molar-refractivity contribution in [2.45, 2.75) is 38.9 Å². The molecule has 0 bridgehead atoms. The third-order valence-electron chi connectivity index (χ3n) is 4.95. The first-order valence-corrected chi connectivity index (χ1v) is 9.95. The molecule has 1 saturated heterocycles.